The van der Waals surface area contributed by atoms with Crippen molar-refractivity contribution in [1.29, 1.82) is 0 Å². The molecule has 2 nitrogen and oxygen atoms in total. The maximum atomic E-state index is 10.6. The molecule has 0 saturated carbocycles. The first-order valence-electron chi connectivity index (χ1n) is 7.46. The van der Waals surface area contributed by atoms with Crippen LogP contribution in [0.3, 0.4) is 0 Å². The lowest BCUT2D eigenvalue weighted by Gasteiger charge is -2.28. The van der Waals surface area contributed by atoms with Gasteiger partial charge in [-0.15, -0.1) is 0 Å². The van der Waals surface area contributed by atoms with Gasteiger partial charge in [-0.25, -0.2) is 0 Å². The maximum absolute atomic E-state index is 10.6. The number of ether oxygens (including phenoxy) is 1. The van der Waals surface area contributed by atoms with E-state index in [1.165, 1.54) is 5.56 Å². The van der Waals surface area contributed by atoms with Crippen LogP contribution in [0.25, 0.3) is 0 Å². The van der Waals surface area contributed by atoms with Gasteiger partial charge in [-0.2, -0.15) is 0 Å². The molecule has 0 fully saturated rings. The smallest absolute Gasteiger partial charge is 0.131 e. The van der Waals surface area contributed by atoms with Crippen LogP contribution < -0.4 is 4.74 Å². The average molecular weight is 284 g/mol. The van der Waals surface area contributed by atoms with Gasteiger partial charge < -0.3 is 9.84 Å². The zero-order chi connectivity index (χ0) is 15.4. The highest BCUT2D eigenvalue weighted by Crippen LogP contribution is 2.28. The Hall–Kier alpha value is -1.80. The molecule has 21 heavy (non-hydrogen) atoms. The van der Waals surface area contributed by atoms with Gasteiger partial charge in [0.1, 0.15) is 18.0 Å². The molecule has 0 spiro atoms. The van der Waals surface area contributed by atoms with Gasteiger partial charge in [-0.3, -0.25) is 0 Å². The topological polar surface area (TPSA) is 29.5 Å². The normalized spacial score (nSPS) is 14.0. The first-order valence-corrected chi connectivity index (χ1v) is 7.46. The molecule has 2 rings (SSSR count). The molecule has 2 aromatic rings. The largest absolute Gasteiger partial charge is 0.487 e. The number of rotatable bonds is 5. The molecule has 0 aliphatic heterocycles. The Kier molecular flexibility index (Phi) is 5.03. The Balaban J connectivity index is 2.23. The van der Waals surface area contributed by atoms with Crippen LogP contribution in [0.4, 0.5) is 0 Å². The third kappa shape index (κ3) is 3.85. The molecule has 0 aromatic heterocycles. The molecule has 112 valence electrons. The molecule has 0 radical (unpaired) electrons. The highest BCUT2D eigenvalue weighted by atomic mass is 16.5. The SMILES string of the molecule is Cc1ccc(OC(C(C)C)C(O)c2ccccc2)c(C)c1. The fourth-order valence-electron chi connectivity index (χ4n) is 2.48. The van der Waals surface area contributed by atoms with E-state index in [9.17, 15) is 5.11 Å². The summed E-state index contributed by atoms with van der Waals surface area (Å²) in [5, 5.41) is 10.6. The second-order valence-corrected chi connectivity index (χ2v) is 5.95. The number of hydrogen-bond acceptors (Lipinski definition) is 2. The minimum absolute atomic E-state index is 0.209. The second kappa shape index (κ2) is 6.77. The molecule has 2 atom stereocenters. The molecule has 0 amide bonds. The Morgan fingerprint density at radius 1 is 0.952 bits per heavy atom. The molecule has 2 aromatic carbocycles. The van der Waals surface area contributed by atoms with Crippen LogP contribution >= 0.6 is 0 Å². The summed E-state index contributed by atoms with van der Waals surface area (Å²) in [5.41, 5.74) is 3.20. The summed E-state index contributed by atoms with van der Waals surface area (Å²) in [6.45, 7) is 8.24. The standard InChI is InChI=1S/C19H24O2/c1-13(2)19(18(20)16-8-6-5-7-9-16)21-17-11-10-14(3)12-15(17)4/h5-13,18-20H,1-4H3. The van der Waals surface area contributed by atoms with Crippen molar-refractivity contribution < 1.29 is 9.84 Å². The van der Waals surface area contributed by atoms with Gasteiger partial charge in [-0.1, -0.05) is 61.9 Å². The molecule has 0 heterocycles. The van der Waals surface area contributed by atoms with Crippen molar-refractivity contribution in [3.05, 3.63) is 65.2 Å². The first-order chi connectivity index (χ1) is 9.99. The second-order valence-electron chi connectivity index (χ2n) is 5.95. The lowest BCUT2D eigenvalue weighted by Crippen LogP contribution is -2.31. The molecular formula is C19H24O2. The molecule has 2 unspecified atom stereocenters. The third-order valence-corrected chi connectivity index (χ3v) is 3.70. The van der Waals surface area contributed by atoms with Crippen LogP contribution in [-0.4, -0.2) is 11.2 Å². The first kappa shape index (κ1) is 15.6. The molecule has 0 aliphatic carbocycles. The molecule has 1 N–H and O–H groups in total. The van der Waals surface area contributed by atoms with E-state index < -0.39 is 6.10 Å². The molecule has 2 heteroatoms. The van der Waals surface area contributed by atoms with Crippen molar-refractivity contribution >= 4 is 0 Å². The van der Waals surface area contributed by atoms with Crippen molar-refractivity contribution in [3.63, 3.8) is 0 Å². The lowest BCUT2D eigenvalue weighted by atomic mass is 9.96. The monoisotopic (exact) mass is 284 g/mol. The number of benzene rings is 2. The van der Waals surface area contributed by atoms with E-state index in [0.29, 0.717) is 0 Å². The van der Waals surface area contributed by atoms with Crippen LogP contribution in [0.15, 0.2) is 48.5 Å². The van der Waals surface area contributed by atoms with Crippen molar-refractivity contribution in [2.24, 2.45) is 5.92 Å². The Morgan fingerprint density at radius 2 is 1.62 bits per heavy atom. The Morgan fingerprint density at radius 3 is 2.19 bits per heavy atom. The lowest BCUT2D eigenvalue weighted by molar-refractivity contribution is 0.00751. The Labute approximate surface area is 127 Å². The summed E-state index contributed by atoms with van der Waals surface area (Å²) in [5.74, 6) is 1.05. The van der Waals surface area contributed by atoms with Gasteiger partial charge >= 0.3 is 0 Å². The van der Waals surface area contributed by atoms with Crippen LogP contribution in [0.1, 0.15) is 36.6 Å². The molecule has 0 saturated heterocycles. The minimum Gasteiger partial charge on any atom is -0.487 e. The van der Waals surface area contributed by atoms with Crippen molar-refractivity contribution in [2.45, 2.75) is 39.9 Å². The highest BCUT2D eigenvalue weighted by molar-refractivity contribution is 5.36. The van der Waals surface area contributed by atoms with Gasteiger partial charge in [0.05, 0.1) is 0 Å². The fourth-order valence-corrected chi connectivity index (χ4v) is 2.48. The summed E-state index contributed by atoms with van der Waals surface area (Å²) >= 11 is 0. The highest BCUT2D eigenvalue weighted by Gasteiger charge is 2.26. The number of aliphatic hydroxyl groups is 1. The van der Waals surface area contributed by atoms with Crippen LogP contribution in [-0.2, 0) is 0 Å². The minimum atomic E-state index is -0.632. The van der Waals surface area contributed by atoms with Gasteiger partial charge in [0, 0.05) is 0 Å². The van der Waals surface area contributed by atoms with Crippen molar-refractivity contribution in [2.75, 3.05) is 0 Å². The van der Waals surface area contributed by atoms with E-state index in [2.05, 4.69) is 26.8 Å². The van der Waals surface area contributed by atoms with E-state index in [0.717, 1.165) is 16.9 Å². The van der Waals surface area contributed by atoms with Crippen LogP contribution in [0.5, 0.6) is 5.75 Å². The predicted octanol–water partition coefficient (Wildman–Crippen LogP) is 4.44. The van der Waals surface area contributed by atoms with Crippen molar-refractivity contribution in [1.82, 2.24) is 0 Å². The quantitative estimate of drug-likeness (QED) is 0.879. The summed E-state index contributed by atoms with van der Waals surface area (Å²) in [6.07, 6.45) is -0.902. The molecule has 0 aliphatic rings. The number of aryl methyl sites for hydroxylation is 2. The van der Waals surface area contributed by atoms with Crippen molar-refractivity contribution in [3.8, 4) is 5.75 Å². The van der Waals surface area contributed by atoms with Crippen LogP contribution in [0.2, 0.25) is 0 Å². The fraction of sp³-hybridized carbons (Fsp3) is 0.368. The van der Waals surface area contributed by atoms with Gasteiger partial charge in [0.25, 0.3) is 0 Å². The van der Waals surface area contributed by atoms with E-state index >= 15 is 0 Å². The zero-order valence-electron chi connectivity index (χ0n) is 13.2. The van der Waals surface area contributed by atoms with E-state index in [4.69, 9.17) is 4.74 Å². The van der Waals surface area contributed by atoms with E-state index in [1.54, 1.807) is 0 Å². The molecule has 0 bridgehead atoms. The van der Waals surface area contributed by atoms with E-state index in [1.807, 2.05) is 49.4 Å². The van der Waals surface area contributed by atoms with Gasteiger partial charge in [0.15, 0.2) is 0 Å². The number of aliphatic hydroxyl groups excluding tert-OH is 1. The van der Waals surface area contributed by atoms with Gasteiger partial charge in [0.2, 0.25) is 0 Å². The van der Waals surface area contributed by atoms with E-state index in [-0.39, 0.29) is 12.0 Å². The summed E-state index contributed by atoms with van der Waals surface area (Å²) in [6, 6.07) is 15.8. The van der Waals surface area contributed by atoms with Crippen LogP contribution in [0, 0.1) is 19.8 Å². The average Bonchev–Trinajstić information content (AvgIpc) is 2.46. The summed E-state index contributed by atoms with van der Waals surface area (Å²) in [7, 11) is 0. The number of hydrogen-bond donors (Lipinski definition) is 1. The zero-order valence-corrected chi connectivity index (χ0v) is 13.2. The summed E-state index contributed by atoms with van der Waals surface area (Å²) in [4.78, 5) is 0. The Bertz CT molecular complexity index is 575. The molecular weight excluding hydrogens is 260 g/mol. The predicted molar refractivity (Wildman–Crippen MR) is 86.6 cm³/mol. The third-order valence-electron chi connectivity index (χ3n) is 3.70. The van der Waals surface area contributed by atoms with Gasteiger partial charge in [-0.05, 0) is 37.0 Å². The maximum Gasteiger partial charge on any atom is 0.131 e. The summed E-state index contributed by atoms with van der Waals surface area (Å²) < 4.78 is 6.13.